The lowest BCUT2D eigenvalue weighted by atomic mass is 10.1. The molecule has 0 spiro atoms. The quantitative estimate of drug-likeness (QED) is 0.853. The minimum Gasteiger partial charge on any atom is -0.464 e. The zero-order chi connectivity index (χ0) is 14.2. The normalized spacial score (nSPS) is 23.8. The molecule has 20 heavy (non-hydrogen) atoms. The van der Waals surface area contributed by atoms with Crippen molar-refractivity contribution in [2.45, 2.75) is 25.9 Å². The molecule has 1 unspecified atom stereocenters. The number of sulfone groups is 1. The first-order valence-corrected chi connectivity index (χ1v) is 8.76. The first kappa shape index (κ1) is 13.6. The number of benzene rings is 1. The van der Waals surface area contributed by atoms with Gasteiger partial charge in [0.15, 0.2) is 9.84 Å². The molecule has 1 atom stereocenters. The van der Waals surface area contributed by atoms with E-state index in [0.29, 0.717) is 18.3 Å². The van der Waals surface area contributed by atoms with Crippen molar-refractivity contribution < 1.29 is 12.8 Å². The minimum atomic E-state index is -2.86. The molecule has 1 aromatic carbocycles. The molecule has 1 aliphatic rings. The van der Waals surface area contributed by atoms with Crippen molar-refractivity contribution in [1.82, 2.24) is 4.90 Å². The van der Waals surface area contributed by atoms with E-state index in [-0.39, 0.29) is 5.75 Å². The summed E-state index contributed by atoms with van der Waals surface area (Å²) in [7, 11) is -2.86. The lowest BCUT2D eigenvalue weighted by Crippen LogP contribution is -2.33. The summed E-state index contributed by atoms with van der Waals surface area (Å²) in [5.41, 5.74) is 2.09. The Kier molecular flexibility index (Phi) is 3.56. The summed E-state index contributed by atoms with van der Waals surface area (Å²) < 4.78 is 28.8. The van der Waals surface area contributed by atoms with Crippen LogP contribution in [-0.4, -0.2) is 37.4 Å². The predicted molar refractivity (Wildman–Crippen MR) is 79.4 cm³/mol. The first-order chi connectivity index (χ1) is 9.53. The van der Waals surface area contributed by atoms with Crippen LogP contribution in [0.15, 0.2) is 34.9 Å². The van der Waals surface area contributed by atoms with Crippen LogP contribution in [0.3, 0.4) is 0 Å². The van der Waals surface area contributed by atoms with Crippen molar-refractivity contribution >= 4 is 20.8 Å². The fourth-order valence-corrected chi connectivity index (χ4v) is 4.11. The number of rotatable bonds is 2. The highest BCUT2D eigenvalue weighted by atomic mass is 32.2. The summed E-state index contributed by atoms with van der Waals surface area (Å²) in [6.45, 7) is 3.52. The molecule has 3 rings (SSSR count). The third kappa shape index (κ3) is 2.88. The maximum atomic E-state index is 11.7. The fraction of sp³-hybridized carbons (Fsp3) is 0.467. The Hall–Kier alpha value is -1.33. The molecule has 1 aliphatic heterocycles. The summed E-state index contributed by atoms with van der Waals surface area (Å²) in [4.78, 5) is 2.26. The highest BCUT2D eigenvalue weighted by Gasteiger charge is 2.24. The van der Waals surface area contributed by atoms with E-state index in [4.69, 9.17) is 4.42 Å². The van der Waals surface area contributed by atoms with E-state index in [1.165, 1.54) is 5.56 Å². The largest absolute Gasteiger partial charge is 0.464 e. The Bertz CT molecular complexity index is 705. The van der Waals surface area contributed by atoms with Crippen molar-refractivity contribution in [3.05, 3.63) is 36.1 Å². The van der Waals surface area contributed by atoms with Gasteiger partial charge in [0, 0.05) is 24.5 Å². The Labute approximate surface area is 119 Å². The second kappa shape index (κ2) is 5.22. The van der Waals surface area contributed by atoms with E-state index in [1.54, 1.807) is 6.26 Å². The smallest absolute Gasteiger partial charge is 0.151 e. The maximum absolute atomic E-state index is 11.7. The van der Waals surface area contributed by atoms with Crippen LogP contribution < -0.4 is 0 Å². The second-order valence-electron chi connectivity index (χ2n) is 5.55. The zero-order valence-electron chi connectivity index (χ0n) is 11.6. The zero-order valence-corrected chi connectivity index (χ0v) is 12.4. The molecule has 0 amide bonds. The molecule has 108 valence electrons. The van der Waals surface area contributed by atoms with Gasteiger partial charge in [-0.2, -0.15) is 0 Å². The Morgan fingerprint density at radius 1 is 1.30 bits per heavy atom. The van der Waals surface area contributed by atoms with Gasteiger partial charge in [-0.15, -0.1) is 0 Å². The first-order valence-electron chi connectivity index (χ1n) is 6.94. The molecule has 2 heterocycles. The van der Waals surface area contributed by atoms with Gasteiger partial charge in [-0.25, -0.2) is 8.42 Å². The molecule has 0 saturated carbocycles. The van der Waals surface area contributed by atoms with Crippen molar-refractivity contribution in [2.75, 3.05) is 18.1 Å². The van der Waals surface area contributed by atoms with Gasteiger partial charge in [-0.1, -0.05) is 6.07 Å². The Balaban J connectivity index is 1.78. The molecule has 4 nitrogen and oxygen atoms in total. The highest BCUT2D eigenvalue weighted by Crippen LogP contribution is 2.20. The van der Waals surface area contributed by atoms with Gasteiger partial charge in [0.1, 0.15) is 5.58 Å². The third-order valence-corrected chi connectivity index (χ3v) is 5.72. The SMILES string of the molecule is CC1CCS(=O)(=O)CCN1Cc1ccc2occc2c1. The number of furan rings is 1. The Morgan fingerprint density at radius 2 is 2.15 bits per heavy atom. The van der Waals surface area contributed by atoms with E-state index in [0.717, 1.165) is 23.9 Å². The summed E-state index contributed by atoms with van der Waals surface area (Å²) in [5.74, 6) is 0.580. The van der Waals surface area contributed by atoms with Crippen LogP contribution in [0.4, 0.5) is 0 Å². The molecule has 0 bridgehead atoms. The van der Waals surface area contributed by atoms with E-state index in [9.17, 15) is 8.42 Å². The number of fused-ring (bicyclic) bond motifs is 1. The number of hydrogen-bond acceptors (Lipinski definition) is 4. The molecule has 1 saturated heterocycles. The van der Waals surface area contributed by atoms with E-state index < -0.39 is 9.84 Å². The van der Waals surface area contributed by atoms with Crippen molar-refractivity contribution in [3.8, 4) is 0 Å². The average molecular weight is 293 g/mol. The molecular weight excluding hydrogens is 274 g/mol. The average Bonchev–Trinajstić information content (AvgIpc) is 2.83. The Morgan fingerprint density at radius 3 is 3.00 bits per heavy atom. The summed E-state index contributed by atoms with van der Waals surface area (Å²) in [6, 6.07) is 8.40. The highest BCUT2D eigenvalue weighted by molar-refractivity contribution is 7.91. The van der Waals surface area contributed by atoms with E-state index in [2.05, 4.69) is 24.0 Å². The van der Waals surface area contributed by atoms with Crippen molar-refractivity contribution in [3.63, 3.8) is 0 Å². The van der Waals surface area contributed by atoms with Gasteiger partial charge in [-0.05, 0) is 37.1 Å². The lowest BCUT2D eigenvalue weighted by Gasteiger charge is -2.26. The summed E-state index contributed by atoms with van der Waals surface area (Å²) >= 11 is 0. The van der Waals surface area contributed by atoms with Gasteiger partial charge in [0.25, 0.3) is 0 Å². The van der Waals surface area contributed by atoms with Crippen LogP contribution in [0.5, 0.6) is 0 Å². The second-order valence-corrected chi connectivity index (χ2v) is 7.86. The molecule has 1 fully saturated rings. The molecule has 0 radical (unpaired) electrons. The number of hydrogen-bond donors (Lipinski definition) is 0. The molecule has 1 aromatic heterocycles. The van der Waals surface area contributed by atoms with Gasteiger partial charge >= 0.3 is 0 Å². The van der Waals surface area contributed by atoms with Gasteiger partial charge in [-0.3, -0.25) is 4.90 Å². The van der Waals surface area contributed by atoms with Crippen LogP contribution in [0.2, 0.25) is 0 Å². The standard InChI is InChI=1S/C15H19NO3S/c1-12-5-8-20(17,18)9-6-16(12)11-13-2-3-15-14(10-13)4-7-19-15/h2-4,7,10,12H,5-6,8-9,11H2,1H3. The van der Waals surface area contributed by atoms with Crippen LogP contribution in [0.25, 0.3) is 11.0 Å². The summed E-state index contributed by atoms with van der Waals surface area (Å²) in [6.07, 6.45) is 2.41. The third-order valence-electron chi connectivity index (χ3n) is 4.06. The molecule has 2 aromatic rings. The van der Waals surface area contributed by atoms with Crippen molar-refractivity contribution in [2.24, 2.45) is 0 Å². The molecule has 0 N–H and O–H groups in total. The molecular formula is C15H19NO3S. The summed E-state index contributed by atoms with van der Waals surface area (Å²) in [5, 5.41) is 1.09. The minimum absolute atomic E-state index is 0.269. The monoisotopic (exact) mass is 293 g/mol. The van der Waals surface area contributed by atoms with Crippen LogP contribution in [-0.2, 0) is 16.4 Å². The predicted octanol–water partition coefficient (Wildman–Crippen LogP) is 2.44. The molecule has 0 aliphatic carbocycles. The van der Waals surface area contributed by atoms with Crippen LogP contribution >= 0.6 is 0 Å². The van der Waals surface area contributed by atoms with Crippen LogP contribution in [0, 0.1) is 0 Å². The maximum Gasteiger partial charge on any atom is 0.151 e. The van der Waals surface area contributed by atoms with Gasteiger partial charge in [0.2, 0.25) is 0 Å². The fourth-order valence-electron chi connectivity index (χ4n) is 2.70. The molecule has 5 heteroatoms. The lowest BCUT2D eigenvalue weighted by molar-refractivity contribution is 0.212. The van der Waals surface area contributed by atoms with Gasteiger partial charge in [0.05, 0.1) is 17.8 Å². The van der Waals surface area contributed by atoms with Gasteiger partial charge < -0.3 is 4.42 Å². The van der Waals surface area contributed by atoms with Crippen LogP contribution in [0.1, 0.15) is 18.9 Å². The van der Waals surface area contributed by atoms with E-state index in [1.807, 2.05) is 12.1 Å². The van der Waals surface area contributed by atoms with Crippen molar-refractivity contribution in [1.29, 1.82) is 0 Å². The topological polar surface area (TPSA) is 50.5 Å². The number of nitrogens with zero attached hydrogens (tertiary/aromatic N) is 1. The van der Waals surface area contributed by atoms with E-state index >= 15 is 0 Å².